The van der Waals surface area contributed by atoms with Crippen LogP contribution in [0.2, 0.25) is 0 Å². The topological polar surface area (TPSA) is 125 Å². The van der Waals surface area contributed by atoms with E-state index in [9.17, 15) is 24.3 Å². The van der Waals surface area contributed by atoms with E-state index in [4.69, 9.17) is 9.47 Å². The van der Waals surface area contributed by atoms with Crippen LogP contribution in [-0.2, 0) is 35.2 Å². The van der Waals surface area contributed by atoms with E-state index < -0.39 is 53.6 Å². The Hall–Kier alpha value is -4.28. The molecule has 0 aliphatic carbocycles. The molecule has 0 radical (unpaired) electrons. The van der Waals surface area contributed by atoms with Crippen molar-refractivity contribution in [2.75, 3.05) is 19.7 Å². The van der Waals surface area contributed by atoms with Crippen molar-refractivity contribution in [1.29, 1.82) is 0 Å². The summed E-state index contributed by atoms with van der Waals surface area (Å²) in [6, 6.07) is 16.9. The number of carbonyl (C=O) groups excluding carboxylic acids is 4. The third-order valence-electron chi connectivity index (χ3n) is 9.35. The fourth-order valence-corrected chi connectivity index (χ4v) is 7.21. The standard InChI is InChI=1S/C36H43N3O7/c1-4-6-17-29(41)37-21-28(26-15-11-8-12-16-26)45-35(44)30-27-18-19-36(46-27)31(30)33(42)39(24(3)23-40)32(36)34(43)38(20-5-2)22-25-13-9-7-10-14-25/h4-5,7-16,24,27-28,30-32,40H,1-2,6,17-23H2,3H3,(H,37,41)/t24-,27+,28+,30-,31-,32+,36-/m1/s1. The van der Waals surface area contributed by atoms with E-state index in [1.807, 2.05) is 60.7 Å². The summed E-state index contributed by atoms with van der Waals surface area (Å²) in [6.45, 7) is 9.41. The Morgan fingerprint density at radius 1 is 1.13 bits per heavy atom. The number of nitrogens with one attached hydrogen (secondary N) is 1. The molecular weight excluding hydrogens is 586 g/mol. The molecule has 46 heavy (non-hydrogen) atoms. The molecule has 5 rings (SSSR count). The molecule has 1 spiro atoms. The highest BCUT2D eigenvalue weighted by Crippen LogP contribution is 2.59. The van der Waals surface area contributed by atoms with Crippen LogP contribution in [0.15, 0.2) is 86.0 Å². The number of ether oxygens (including phenoxy) is 2. The molecule has 0 aromatic heterocycles. The number of amides is 3. The number of nitrogens with zero attached hydrogens (tertiary/aromatic N) is 2. The first kappa shape index (κ1) is 33.1. The number of benzene rings is 2. The lowest BCUT2D eigenvalue weighted by Crippen LogP contribution is -2.58. The number of carbonyl (C=O) groups is 4. The van der Waals surface area contributed by atoms with Gasteiger partial charge in [-0.3, -0.25) is 19.2 Å². The monoisotopic (exact) mass is 629 g/mol. The smallest absolute Gasteiger partial charge is 0.313 e. The van der Waals surface area contributed by atoms with Gasteiger partial charge in [0.05, 0.1) is 37.1 Å². The minimum Gasteiger partial charge on any atom is -0.455 e. The maximum absolute atomic E-state index is 14.5. The maximum atomic E-state index is 14.5. The van der Waals surface area contributed by atoms with Crippen LogP contribution in [-0.4, -0.2) is 82.1 Å². The van der Waals surface area contributed by atoms with Crippen molar-refractivity contribution >= 4 is 23.7 Å². The Kier molecular flexibility index (Phi) is 10.4. The van der Waals surface area contributed by atoms with Crippen LogP contribution in [0.3, 0.4) is 0 Å². The number of hydrogen-bond acceptors (Lipinski definition) is 7. The van der Waals surface area contributed by atoms with Crippen molar-refractivity contribution in [2.24, 2.45) is 11.8 Å². The third-order valence-corrected chi connectivity index (χ3v) is 9.35. The molecule has 0 unspecified atom stereocenters. The molecule has 2 aromatic carbocycles. The molecule has 3 saturated heterocycles. The molecule has 244 valence electrons. The van der Waals surface area contributed by atoms with E-state index in [0.717, 1.165) is 5.56 Å². The molecule has 3 aliphatic rings. The van der Waals surface area contributed by atoms with E-state index in [2.05, 4.69) is 18.5 Å². The van der Waals surface area contributed by atoms with Gasteiger partial charge < -0.3 is 29.7 Å². The number of allylic oxidation sites excluding steroid dienone is 1. The average Bonchev–Trinajstić information content (AvgIpc) is 3.73. The first-order valence-electron chi connectivity index (χ1n) is 15.9. The SMILES string of the molecule is C=CCCC(=O)NC[C@H](OC(=O)[C@@H]1[C@@H]2CC[C@]3(O2)[C@H](C(=O)N(CC=C)Cc2ccccc2)N([C@H](C)CO)C(=O)[C@@H]13)c1ccccc1. The van der Waals surface area contributed by atoms with Gasteiger partial charge in [0.2, 0.25) is 17.7 Å². The molecule has 2 bridgehead atoms. The van der Waals surface area contributed by atoms with Crippen LogP contribution >= 0.6 is 0 Å². The lowest BCUT2D eigenvalue weighted by molar-refractivity contribution is -0.161. The van der Waals surface area contributed by atoms with E-state index in [1.54, 1.807) is 24.0 Å². The summed E-state index contributed by atoms with van der Waals surface area (Å²) in [6.07, 6.45) is 3.57. The van der Waals surface area contributed by atoms with Crippen molar-refractivity contribution in [3.05, 3.63) is 97.1 Å². The fourth-order valence-electron chi connectivity index (χ4n) is 7.21. The molecule has 3 aliphatic heterocycles. The van der Waals surface area contributed by atoms with Crippen molar-refractivity contribution in [3.63, 3.8) is 0 Å². The Bertz CT molecular complexity index is 1430. The van der Waals surface area contributed by atoms with Gasteiger partial charge in [0.1, 0.15) is 17.7 Å². The number of hydrogen-bond donors (Lipinski definition) is 2. The molecule has 2 aromatic rings. The summed E-state index contributed by atoms with van der Waals surface area (Å²) in [5.74, 6) is -3.44. The number of aliphatic hydroxyl groups excluding tert-OH is 1. The minimum atomic E-state index is -1.25. The Morgan fingerprint density at radius 2 is 1.83 bits per heavy atom. The van der Waals surface area contributed by atoms with Crippen molar-refractivity contribution in [1.82, 2.24) is 15.1 Å². The van der Waals surface area contributed by atoms with Gasteiger partial charge in [0.25, 0.3) is 0 Å². The highest BCUT2D eigenvalue weighted by atomic mass is 16.6. The van der Waals surface area contributed by atoms with E-state index >= 15 is 0 Å². The number of aliphatic hydroxyl groups is 1. The summed E-state index contributed by atoms with van der Waals surface area (Å²) < 4.78 is 12.6. The van der Waals surface area contributed by atoms with Gasteiger partial charge in [-0.2, -0.15) is 0 Å². The minimum absolute atomic E-state index is 0.0541. The largest absolute Gasteiger partial charge is 0.455 e. The molecule has 3 heterocycles. The second-order valence-corrected chi connectivity index (χ2v) is 12.3. The van der Waals surface area contributed by atoms with Crippen LogP contribution in [0.1, 0.15) is 49.8 Å². The normalized spacial score (nSPS) is 25.8. The van der Waals surface area contributed by atoms with E-state index in [1.165, 1.54) is 4.90 Å². The summed E-state index contributed by atoms with van der Waals surface area (Å²) in [5, 5.41) is 13.0. The quantitative estimate of drug-likeness (QED) is 0.229. The highest BCUT2D eigenvalue weighted by Gasteiger charge is 2.75. The van der Waals surface area contributed by atoms with Gasteiger partial charge in [-0.1, -0.05) is 72.8 Å². The number of esters is 1. The van der Waals surface area contributed by atoms with Gasteiger partial charge in [0, 0.05) is 19.5 Å². The first-order valence-corrected chi connectivity index (χ1v) is 15.9. The van der Waals surface area contributed by atoms with Crippen molar-refractivity contribution in [3.8, 4) is 0 Å². The zero-order chi connectivity index (χ0) is 32.8. The molecule has 10 heteroatoms. The fraction of sp³-hybridized carbons (Fsp3) is 0.444. The van der Waals surface area contributed by atoms with Crippen LogP contribution in [0.5, 0.6) is 0 Å². The highest BCUT2D eigenvalue weighted by molar-refractivity contribution is 5.98. The van der Waals surface area contributed by atoms with E-state index in [-0.39, 0.29) is 37.9 Å². The Morgan fingerprint density at radius 3 is 2.48 bits per heavy atom. The third kappa shape index (κ3) is 6.37. The van der Waals surface area contributed by atoms with Gasteiger partial charge in [-0.05, 0) is 37.3 Å². The lowest BCUT2D eigenvalue weighted by atomic mass is 9.70. The molecule has 3 amide bonds. The molecule has 3 fully saturated rings. The van der Waals surface area contributed by atoms with Gasteiger partial charge in [0.15, 0.2) is 0 Å². The summed E-state index contributed by atoms with van der Waals surface area (Å²) in [7, 11) is 0. The summed E-state index contributed by atoms with van der Waals surface area (Å²) in [4.78, 5) is 58.3. The van der Waals surface area contributed by atoms with Crippen LogP contribution in [0.25, 0.3) is 0 Å². The number of likely N-dealkylation sites (tertiary alicyclic amines) is 1. The van der Waals surface area contributed by atoms with E-state index in [0.29, 0.717) is 31.4 Å². The number of fused-ring (bicyclic) bond motifs is 1. The Balaban J connectivity index is 1.43. The van der Waals surface area contributed by atoms with Gasteiger partial charge >= 0.3 is 5.97 Å². The molecule has 0 saturated carbocycles. The summed E-state index contributed by atoms with van der Waals surface area (Å²) in [5.41, 5.74) is 0.365. The molecular formula is C36H43N3O7. The lowest BCUT2D eigenvalue weighted by Gasteiger charge is -2.38. The zero-order valence-electron chi connectivity index (χ0n) is 26.3. The predicted molar refractivity (Wildman–Crippen MR) is 171 cm³/mol. The van der Waals surface area contributed by atoms with Crippen LogP contribution in [0.4, 0.5) is 0 Å². The number of rotatable bonds is 15. The average molecular weight is 630 g/mol. The molecule has 7 atom stereocenters. The summed E-state index contributed by atoms with van der Waals surface area (Å²) >= 11 is 0. The Labute approximate surface area is 270 Å². The van der Waals surface area contributed by atoms with Crippen LogP contribution < -0.4 is 5.32 Å². The van der Waals surface area contributed by atoms with Crippen molar-refractivity contribution < 1.29 is 33.8 Å². The van der Waals surface area contributed by atoms with Crippen molar-refractivity contribution in [2.45, 2.75) is 69.0 Å². The van der Waals surface area contributed by atoms with Gasteiger partial charge in [-0.15, -0.1) is 13.2 Å². The predicted octanol–water partition coefficient (Wildman–Crippen LogP) is 3.32. The van der Waals surface area contributed by atoms with Gasteiger partial charge in [-0.25, -0.2) is 0 Å². The first-order chi connectivity index (χ1) is 22.2. The zero-order valence-corrected chi connectivity index (χ0v) is 26.3. The molecule has 10 nitrogen and oxygen atoms in total. The second-order valence-electron chi connectivity index (χ2n) is 12.3. The second kappa shape index (κ2) is 14.4. The molecule has 2 N–H and O–H groups in total. The maximum Gasteiger partial charge on any atom is 0.313 e. The van der Waals surface area contributed by atoms with Crippen LogP contribution in [0, 0.1) is 11.8 Å².